The average Bonchev–Trinajstić information content (AvgIpc) is 3.20. The highest BCUT2D eigenvalue weighted by molar-refractivity contribution is 5.95. The summed E-state index contributed by atoms with van der Waals surface area (Å²) in [6.45, 7) is 1.36. The van der Waals surface area contributed by atoms with Gasteiger partial charge in [-0.2, -0.15) is 5.26 Å². The minimum Gasteiger partial charge on any atom is -0.504 e. The van der Waals surface area contributed by atoms with Gasteiger partial charge in [0.1, 0.15) is 0 Å². The van der Waals surface area contributed by atoms with E-state index in [-0.39, 0.29) is 16.7 Å². The zero-order chi connectivity index (χ0) is 14.4. The molecule has 0 spiro atoms. The van der Waals surface area contributed by atoms with Crippen LogP contribution in [0.5, 0.6) is 11.5 Å². The van der Waals surface area contributed by atoms with Gasteiger partial charge < -0.3 is 14.9 Å². The largest absolute Gasteiger partial charge is 0.504 e. The zero-order valence-corrected chi connectivity index (χ0v) is 10.5. The van der Waals surface area contributed by atoms with E-state index in [1.807, 2.05) is 6.07 Å². The number of phenolic OH excluding ortho intramolecular Hbond substituents is 2. The number of carbonyl (C=O) groups excluding carboxylic acids is 1. The monoisotopic (exact) mass is 265 g/mol. The molecular formula is C13H12FNO4. The quantitative estimate of drug-likeness (QED) is 0.629. The third kappa shape index (κ3) is 1.70. The van der Waals surface area contributed by atoms with Crippen molar-refractivity contribution in [2.75, 3.05) is 7.11 Å². The molecule has 6 heteroatoms. The molecule has 2 N–H and O–H groups in total. The van der Waals surface area contributed by atoms with Gasteiger partial charge in [0.05, 0.1) is 24.2 Å². The number of aromatic hydroxyl groups is 2. The molecule has 0 heterocycles. The summed E-state index contributed by atoms with van der Waals surface area (Å²) in [7, 11) is 1.12. The molecule has 2 rings (SSSR count). The Hall–Kier alpha value is -2.29. The molecule has 100 valence electrons. The van der Waals surface area contributed by atoms with Crippen LogP contribution >= 0.6 is 0 Å². The lowest BCUT2D eigenvalue weighted by Gasteiger charge is -2.17. The van der Waals surface area contributed by atoms with E-state index in [0.717, 1.165) is 7.11 Å². The Morgan fingerprint density at radius 1 is 1.42 bits per heavy atom. The van der Waals surface area contributed by atoms with Gasteiger partial charge in [0, 0.05) is 11.1 Å². The van der Waals surface area contributed by atoms with E-state index in [9.17, 15) is 19.4 Å². The first kappa shape index (κ1) is 13.1. The number of esters is 1. The second-order valence-electron chi connectivity index (χ2n) is 4.57. The molecule has 0 aromatic heterocycles. The SMILES string of the molecule is COC(=O)c1c(C)c(O)c(O)c(F)c1C1(C#N)CC1. The third-order valence-corrected chi connectivity index (χ3v) is 3.46. The molecule has 0 aliphatic heterocycles. The van der Waals surface area contributed by atoms with Gasteiger partial charge in [-0.05, 0) is 19.8 Å². The van der Waals surface area contributed by atoms with Crippen LogP contribution in [0.3, 0.4) is 0 Å². The number of benzene rings is 1. The molecule has 1 fully saturated rings. The van der Waals surface area contributed by atoms with Gasteiger partial charge in [-0.1, -0.05) is 0 Å². The van der Waals surface area contributed by atoms with Gasteiger partial charge in [0.15, 0.2) is 17.3 Å². The van der Waals surface area contributed by atoms with E-state index in [1.54, 1.807) is 0 Å². The molecular weight excluding hydrogens is 253 g/mol. The standard InChI is InChI=1S/C13H12FNO4/c1-6-7(12(18)19-2)8(13(5-15)3-4-13)9(14)11(17)10(6)16/h16-17H,3-4H2,1-2H3. The topological polar surface area (TPSA) is 90.6 Å². The summed E-state index contributed by atoms with van der Waals surface area (Å²) < 4.78 is 18.7. The van der Waals surface area contributed by atoms with Crippen molar-refractivity contribution in [1.82, 2.24) is 0 Å². The number of nitrogens with zero attached hydrogens (tertiary/aromatic N) is 1. The number of halogens is 1. The van der Waals surface area contributed by atoms with Crippen LogP contribution in [-0.2, 0) is 10.2 Å². The summed E-state index contributed by atoms with van der Waals surface area (Å²) in [6, 6.07) is 1.96. The summed E-state index contributed by atoms with van der Waals surface area (Å²) in [6.07, 6.45) is 0.794. The number of rotatable bonds is 2. The van der Waals surface area contributed by atoms with E-state index < -0.39 is 28.7 Å². The van der Waals surface area contributed by atoms with Gasteiger partial charge >= 0.3 is 5.97 Å². The summed E-state index contributed by atoms with van der Waals surface area (Å²) in [5, 5.41) is 28.3. The number of hydrogen-bond acceptors (Lipinski definition) is 5. The molecule has 0 atom stereocenters. The molecule has 0 unspecified atom stereocenters. The Bertz CT molecular complexity index is 614. The van der Waals surface area contributed by atoms with Crippen LogP contribution in [0, 0.1) is 24.1 Å². The van der Waals surface area contributed by atoms with Gasteiger partial charge in [0.25, 0.3) is 0 Å². The molecule has 0 radical (unpaired) electrons. The fourth-order valence-electron chi connectivity index (χ4n) is 2.16. The zero-order valence-electron chi connectivity index (χ0n) is 10.5. The minimum absolute atomic E-state index is 0.00211. The maximum Gasteiger partial charge on any atom is 0.338 e. The van der Waals surface area contributed by atoms with Crippen LogP contribution in [0.1, 0.15) is 34.3 Å². The first-order valence-corrected chi connectivity index (χ1v) is 5.63. The Morgan fingerprint density at radius 2 is 2.00 bits per heavy atom. The molecule has 0 amide bonds. The normalized spacial score (nSPS) is 15.7. The van der Waals surface area contributed by atoms with Gasteiger partial charge in [0.2, 0.25) is 0 Å². The lowest BCUT2D eigenvalue weighted by Crippen LogP contribution is -2.17. The maximum atomic E-state index is 14.2. The number of hydrogen-bond donors (Lipinski definition) is 2. The van der Waals surface area contributed by atoms with Crippen LogP contribution in [0.4, 0.5) is 4.39 Å². The molecule has 0 saturated heterocycles. The summed E-state index contributed by atoms with van der Waals surface area (Å²) in [5.41, 5.74) is -1.49. The fourth-order valence-corrected chi connectivity index (χ4v) is 2.16. The van der Waals surface area contributed by atoms with Crippen LogP contribution in [0.15, 0.2) is 0 Å². The second kappa shape index (κ2) is 4.12. The Morgan fingerprint density at radius 3 is 2.42 bits per heavy atom. The van der Waals surface area contributed by atoms with Crippen molar-refractivity contribution in [3.05, 3.63) is 22.5 Å². The van der Waals surface area contributed by atoms with Crippen molar-refractivity contribution in [2.45, 2.75) is 25.2 Å². The van der Waals surface area contributed by atoms with Crippen molar-refractivity contribution in [2.24, 2.45) is 0 Å². The summed E-state index contributed by atoms with van der Waals surface area (Å²) in [4.78, 5) is 11.8. The molecule has 1 saturated carbocycles. The number of methoxy groups -OCH3 is 1. The van der Waals surface area contributed by atoms with Gasteiger partial charge in [-0.15, -0.1) is 0 Å². The molecule has 19 heavy (non-hydrogen) atoms. The highest BCUT2D eigenvalue weighted by Gasteiger charge is 2.50. The first-order valence-electron chi connectivity index (χ1n) is 5.63. The average molecular weight is 265 g/mol. The Balaban J connectivity index is 2.85. The van der Waals surface area contributed by atoms with E-state index in [0.29, 0.717) is 12.8 Å². The van der Waals surface area contributed by atoms with Crippen LogP contribution in [-0.4, -0.2) is 23.3 Å². The van der Waals surface area contributed by atoms with Crippen molar-refractivity contribution >= 4 is 5.97 Å². The maximum absolute atomic E-state index is 14.2. The molecule has 0 bridgehead atoms. The fraction of sp³-hybridized carbons (Fsp3) is 0.385. The smallest absolute Gasteiger partial charge is 0.338 e. The molecule has 1 aromatic carbocycles. The van der Waals surface area contributed by atoms with E-state index in [2.05, 4.69) is 4.74 Å². The second-order valence-corrected chi connectivity index (χ2v) is 4.57. The van der Waals surface area contributed by atoms with E-state index in [4.69, 9.17) is 5.26 Å². The van der Waals surface area contributed by atoms with Crippen LogP contribution in [0.2, 0.25) is 0 Å². The number of phenols is 2. The molecule has 1 aliphatic rings. The number of ether oxygens (including phenoxy) is 1. The number of nitriles is 1. The highest BCUT2D eigenvalue weighted by atomic mass is 19.1. The minimum atomic E-state index is -1.14. The van der Waals surface area contributed by atoms with E-state index in [1.165, 1.54) is 6.92 Å². The van der Waals surface area contributed by atoms with Crippen molar-refractivity contribution in [1.29, 1.82) is 5.26 Å². The van der Waals surface area contributed by atoms with Crippen molar-refractivity contribution in [3.63, 3.8) is 0 Å². The van der Waals surface area contributed by atoms with Crippen LogP contribution in [0.25, 0.3) is 0 Å². The van der Waals surface area contributed by atoms with Crippen molar-refractivity contribution in [3.8, 4) is 17.6 Å². The van der Waals surface area contributed by atoms with E-state index >= 15 is 0 Å². The Kier molecular flexibility index (Phi) is 2.85. The predicted octanol–water partition coefficient (Wildman–Crippen LogP) is 1.89. The van der Waals surface area contributed by atoms with Gasteiger partial charge in [-0.3, -0.25) is 0 Å². The third-order valence-electron chi connectivity index (χ3n) is 3.46. The van der Waals surface area contributed by atoms with Gasteiger partial charge in [-0.25, -0.2) is 9.18 Å². The van der Waals surface area contributed by atoms with Crippen molar-refractivity contribution < 1.29 is 24.1 Å². The highest BCUT2D eigenvalue weighted by Crippen LogP contribution is 2.53. The first-order chi connectivity index (χ1) is 8.89. The Labute approximate surface area is 108 Å². The molecule has 1 aliphatic carbocycles. The summed E-state index contributed by atoms with van der Waals surface area (Å²) >= 11 is 0. The van der Waals surface area contributed by atoms with Crippen LogP contribution < -0.4 is 0 Å². The molecule has 1 aromatic rings. The predicted molar refractivity (Wildman–Crippen MR) is 62.3 cm³/mol. The molecule has 5 nitrogen and oxygen atoms in total. The number of carbonyl (C=O) groups is 1. The lowest BCUT2D eigenvalue weighted by atomic mass is 9.88. The summed E-state index contributed by atoms with van der Waals surface area (Å²) in [5.74, 6) is -3.64. The lowest BCUT2D eigenvalue weighted by molar-refractivity contribution is 0.0596.